The van der Waals surface area contributed by atoms with Crippen LogP contribution in [-0.4, -0.2) is 38.9 Å². The quantitative estimate of drug-likeness (QED) is 0.868. The highest BCUT2D eigenvalue weighted by Gasteiger charge is 2.32. The van der Waals surface area contributed by atoms with Gasteiger partial charge in [0.05, 0.1) is 5.69 Å². The number of likely N-dealkylation sites (N-methyl/N-ethyl adjacent to an activating group) is 1. The molecule has 1 fully saturated rings. The van der Waals surface area contributed by atoms with Gasteiger partial charge in [0.1, 0.15) is 11.6 Å². The summed E-state index contributed by atoms with van der Waals surface area (Å²) < 4.78 is 55.0. The lowest BCUT2D eigenvalue weighted by molar-refractivity contribution is 0.250. The van der Waals surface area contributed by atoms with E-state index in [1.807, 2.05) is 0 Å². The molecule has 1 aliphatic rings. The zero-order valence-electron chi connectivity index (χ0n) is 11.8. The van der Waals surface area contributed by atoms with E-state index in [-0.39, 0.29) is 11.7 Å². The van der Waals surface area contributed by atoms with Crippen LogP contribution in [0.3, 0.4) is 0 Å². The summed E-state index contributed by atoms with van der Waals surface area (Å²) in [5, 5.41) is 2.96. The van der Waals surface area contributed by atoms with E-state index < -0.39 is 21.8 Å². The predicted octanol–water partition coefficient (Wildman–Crippen LogP) is 1.70. The zero-order valence-corrected chi connectivity index (χ0v) is 12.6. The van der Waals surface area contributed by atoms with Crippen molar-refractivity contribution >= 4 is 15.9 Å². The molecular weight excluding hydrogens is 300 g/mol. The van der Waals surface area contributed by atoms with E-state index in [9.17, 15) is 17.2 Å². The van der Waals surface area contributed by atoms with Crippen LogP contribution in [0.1, 0.15) is 19.3 Å². The van der Waals surface area contributed by atoms with Crippen LogP contribution < -0.4 is 10.0 Å². The van der Waals surface area contributed by atoms with Gasteiger partial charge in [-0.3, -0.25) is 4.72 Å². The Morgan fingerprint density at radius 2 is 2.10 bits per heavy atom. The maximum Gasteiger partial charge on any atom is 0.302 e. The first-order valence-corrected chi connectivity index (χ1v) is 8.27. The molecule has 0 aromatic heterocycles. The highest BCUT2D eigenvalue weighted by atomic mass is 32.2. The molecule has 2 N–H and O–H groups in total. The Bertz CT molecular complexity index is 593. The van der Waals surface area contributed by atoms with Crippen LogP contribution in [0.25, 0.3) is 0 Å². The first-order chi connectivity index (χ1) is 9.94. The lowest BCUT2D eigenvalue weighted by Gasteiger charge is -2.34. The third-order valence-corrected chi connectivity index (χ3v) is 5.06. The van der Waals surface area contributed by atoms with Crippen molar-refractivity contribution in [3.63, 3.8) is 0 Å². The van der Waals surface area contributed by atoms with Gasteiger partial charge in [0.15, 0.2) is 0 Å². The van der Waals surface area contributed by atoms with Crippen molar-refractivity contribution < 1.29 is 17.2 Å². The molecule has 0 bridgehead atoms. The van der Waals surface area contributed by atoms with E-state index >= 15 is 0 Å². The van der Waals surface area contributed by atoms with Crippen molar-refractivity contribution in [2.24, 2.45) is 0 Å². The van der Waals surface area contributed by atoms with Gasteiger partial charge in [0.2, 0.25) is 0 Å². The average Bonchev–Trinajstić information content (AvgIpc) is 2.43. The highest BCUT2D eigenvalue weighted by molar-refractivity contribution is 7.90. The summed E-state index contributed by atoms with van der Waals surface area (Å²) in [5.74, 6) is -1.50. The fourth-order valence-electron chi connectivity index (χ4n) is 2.50. The molecule has 0 saturated carbocycles. The maximum atomic E-state index is 13.6. The Balaban J connectivity index is 2.22. The minimum absolute atomic E-state index is 0.183. The molecule has 1 saturated heterocycles. The van der Waals surface area contributed by atoms with E-state index in [4.69, 9.17) is 0 Å². The van der Waals surface area contributed by atoms with Crippen molar-refractivity contribution in [2.45, 2.75) is 25.3 Å². The average molecular weight is 319 g/mol. The van der Waals surface area contributed by atoms with Crippen molar-refractivity contribution in [2.75, 3.05) is 24.9 Å². The number of piperidine rings is 1. The second kappa shape index (κ2) is 6.67. The van der Waals surface area contributed by atoms with Gasteiger partial charge < -0.3 is 5.32 Å². The lowest BCUT2D eigenvalue weighted by atomic mass is 10.1. The van der Waals surface area contributed by atoms with Crippen molar-refractivity contribution in [3.8, 4) is 0 Å². The Kier molecular flexibility index (Phi) is 5.13. The van der Waals surface area contributed by atoms with Gasteiger partial charge in [-0.2, -0.15) is 12.7 Å². The molecule has 21 heavy (non-hydrogen) atoms. The summed E-state index contributed by atoms with van der Waals surface area (Å²) >= 11 is 0. The molecule has 2 rings (SSSR count). The molecule has 0 spiro atoms. The van der Waals surface area contributed by atoms with Crippen LogP contribution >= 0.6 is 0 Å². The fourth-order valence-corrected chi connectivity index (χ4v) is 4.00. The van der Waals surface area contributed by atoms with Crippen LogP contribution in [0.2, 0.25) is 0 Å². The lowest BCUT2D eigenvalue weighted by Crippen LogP contribution is -2.50. The third kappa shape index (κ3) is 3.90. The first-order valence-electron chi connectivity index (χ1n) is 6.83. The van der Waals surface area contributed by atoms with Crippen molar-refractivity contribution in [3.05, 3.63) is 29.8 Å². The third-order valence-electron chi connectivity index (χ3n) is 3.49. The van der Waals surface area contributed by atoms with Gasteiger partial charge in [-0.15, -0.1) is 0 Å². The van der Waals surface area contributed by atoms with Gasteiger partial charge in [-0.25, -0.2) is 8.78 Å². The Morgan fingerprint density at radius 3 is 2.81 bits per heavy atom. The summed E-state index contributed by atoms with van der Waals surface area (Å²) in [6, 6.07) is 2.49. The van der Waals surface area contributed by atoms with E-state index in [1.54, 1.807) is 7.05 Å². The number of halogens is 2. The predicted molar refractivity (Wildman–Crippen MR) is 77.2 cm³/mol. The molecule has 1 heterocycles. The summed E-state index contributed by atoms with van der Waals surface area (Å²) in [7, 11) is -2.16. The largest absolute Gasteiger partial charge is 0.318 e. The Morgan fingerprint density at radius 1 is 1.33 bits per heavy atom. The van der Waals surface area contributed by atoms with Gasteiger partial charge in [0.25, 0.3) is 0 Å². The number of nitrogens with zero attached hydrogens (tertiary/aromatic N) is 1. The normalized spacial score (nSPS) is 20.4. The second-order valence-electron chi connectivity index (χ2n) is 5.05. The number of benzene rings is 1. The molecule has 5 nitrogen and oxygen atoms in total. The Labute approximate surface area is 123 Å². The molecule has 1 aliphatic heterocycles. The Hall–Kier alpha value is -1.25. The minimum Gasteiger partial charge on any atom is -0.318 e. The topological polar surface area (TPSA) is 61.4 Å². The molecule has 118 valence electrons. The molecule has 8 heteroatoms. The van der Waals surface area contributed by atoms with Gasteiger partial charge in [-0.1, -0.05) is 6.42 Å². The second-order valence-corrected chi connectivity index (χ2v) is 6.67. The minimum atomic E-state index is -3.91. The fraction of sp³-hybridized carbons (Fsp3) is 0.538. The first kappa shape index (κ1) is 16.1. The SMILES string of the molecule is CNCC1CCCCN1S(=O)(=O)Nc1cc(F)ccc1F. The molecule has 1 aromatic carbocycles. The van der Waals surface area contributed by atoms with Crippen molar-refractivity contribution in [1.29, 1.82) is 0 Å². The van der Waals surface area contributed by atoms with Gasteiger partial charge in [-0.05, 0) is 32.0 Å². The number of hydrogen-bond acceptors (Lipinski definition) is 3. The zero-order chi connectivity index (χ0) is 15.5. The molecule has 1 unspecified atom stereocenters. The van der Waals surface area contributed by atoms with Gasteiger partial charge >= 0.3 is 10.2 Å². The van der Waals surface area contributed by atoms with Crippen LogP contribution in [0, 0.1) is 11.6 Å². The summed E-state index contributed by atoms with van der Waals surface area (Å²) in [5.41, 5.74) is -0.371. The molecule has 1 atom stereocenters. The van der Waals surface area contributed by atoms with Crippen LogP contribution in [0.4, 0.5) is 14.5 Å². The molecule has 1 aromatic rings. The molecule has 0 aliphatic carbocycles. The van der Waals surface area contributed by atoms with Crippen molar-refractivity contribution in [1.82, 2.24) is 9.62 Å². The molecule has 0 amide bonds. The van der Waals surface area contributed by atoms with E-state index in [1.165, 1.54) is 4.31 Å². The highest BCUT2D eigenvalue weighted by Crippen LogP contribution is 2.23. The maximum absolute atomic E-state index is 13.6. The monoisotopic (exact) mass is 319 g/mol. The van der Waals surface area contributed by atoms with E-state index in [0.717, 1.165) is 37.5 Å². The van der Waals surface area contributed by atoms with E-state index in [2.05, 4.69) is 10.0 Å². The van der Waals surface area contributed by atoms with E-state index in [0.29, 0.717) is 13.1 Å². The standard InChI is InChI=1S/C13H19F2N3O2S/c1-16-9-11-4-2-3-7-18(11)21(19,20)17-13-8-10(14)5-6-12(13)15/h5-6,8,11,16-17H,2-4,7,9H2,1H3. The smallest absolute Gasteiger partial charge is 0.302 e. The number of rotatable bonds is 5. The summed E-state index contributed by atoms with van der Waals surface area (Å²) in [6.07, 6.45) is 2.45. The number of hydrogen-bond donors (Lipinski definition) is 2. The summed E-state index contributed by atoms with van der Waals surface area (Å²) in [6.45, 7) is 0.894. The number of anilines is 1. The van der Waals surface area contributed by atoms with Crippen LogP contribution in [0.5, 0.6) is 0 Å². The molecule has 0 radical (unpaired) electrons. The van der Waals surface area contributed by atoms with Gasteiger partial charge in [0, 0.05) is 25.2 Å². The van der Waals surface area contributed by atoms with Crippen LogP contribution in [-0.2, 0) is 10.2 Å². The number of nitrogens with one attached hydrogen (secondary N) is 2. The van der Waals surface area contributed by atoms with Crippen LogP contribution in [0.15, 0.2) is 18.2 Å². The summed E-state index contributed by atoms with van der Waals surface area (Å²) in [4.78, 5) is 0. The molecular formula is C13H19F2N3O2S.